The van der Waals surface area contributed by atoms with Gasteiger partial charge < -0.3 is 10.4 Å². The monoisotopic (exact) mass is 340 g/mol. The Balaban J connectivity index is 1.94. The Morgan fingerprint density at radius 3 is 2.83 bits per heavy atom. The minimum atomic E-state index is 0.202. The molecule has 3 aromatic rings. The lowest BCUT2D eigenvalue weighted by Gasteiger charge is -2.09. The van der Waals surface area contributed by atoms with Gasteiger partial charge in [0.05, 0.1) is 21.3 Å². The van der Waals surface area contributed by atoms with Crippen molar-refractivity contribution in [3.05, 3.63) is 47.2 Å². The Hall–Kier alpha value is -2.47. The minimum absolute atomic E-state index is 0.202. The molecular weight excluding hydrogens is 320 g/mol. The third-order valence-corrected chi connectivity index (χ3v) is 4.84. The van der Waals surface area contributed by atoms with Gasteiger partial charge in [-0.15, -0.1) is 11.3 Å². The highest BCUT2D eigenvalue weighted by molar-refractivity contribution is 7.15. The van der Waals surface area contributed by atoms with Crippen molar-refractivity contribution in [2.24, 2.45) is 0 Å². The number of aryl methyl sites for hydroxylation is 1. The molecule has 1 aromatic carbocycles. The molecule has 0 radical (unpaired) electrons. The molecule has 124 valence electrons. The number of benzene rings is 1. The molecule has 2 aromatic heterocycles. The number of aromatic hydroxyl groups is 1. The van der Waals surface area contributed by atoms with Gasteiger partial charge in [0.15, 0.2) is 0 Å². The lowest BCUT2D eigenvalue weighted by Crippen LogP contribution is -1.99. The average Bonchev–Trinajstić information content (AvgIpc) is 2.96. The number of rotatable bonds is 5. The summed E-state index contributed by atoms with van der Waals surface area (Å²) in [4.78, 5) is 14.7. The molecular formula is C18H20N4OS. The molecule has 0 aliphatic carbocycles. The van der Waals surface area contributed by atoms with Crippen molar-refractivity contribution >= 4 is 23.0 Å². The molecule has 0 aliphatic heterocycles. The highest BCUT2D eigenvalue weighted by Gasteiger charge is 2.17. The van der Waals surface area contributed by atoms with Crippen LogP contribution in [0, 0.1) is 6.92 Å². The highest BCUT2D eigenvalue weighted by Crippen LogP contribution is 2.34. The second kappa shape index (κ2) is 6.97. The summed E-state index contributed by atoms with van der Waals surface area (Å²) < 4.78 is 0. The van der Waals surface area contributed by atoms with Crippen molar-refractivity contribution in [2.45, 2.75) is 33.1 Å². The molecule has 2 heterocycles. The van der Waals surface area contributed by atoms with Gasteiger partial charge in [0.2, 0.25) is 5.95 Å². The van der Waals surface area contributed by atoms with Crippen LogP contribution in [0.4, 0.5) is 11.6 Å². The maximum Gasteiger partial charge on any atom is 0.227 e. The summed E-state index contributed by atoms with van der Waals surface area (Å²) in [5.74, 6) is 1.09. The molecule has 0 fully saturated rings. The fourth-order valence-electron chi connectivity index (χ4n) is 2.41. The molecule has 0 saturated carbocycles. The number of nitrogens with one attached hydrogen (secondary N) is 1. The number of anilines is 2. The van der Waals surface area contributed by atoms with Crippen LogP contribution in [0.1, 0.15) is 36.9 Å². The van der Waals surface area contributed by atoms with E-state index in [4.69, 9.17) is 0 Å². The zero-order valence-corrected chi connectivity index (χ0v) is 14.8. The maximum absolute atomic E-state index is 9.56. The maximum atomic E-state index is 9.56. The summed E-state index contributed by atoms with van der Waals surface area (Å²) in [6, 6.07) is 8.80. The third kappa shape index (κ3) is 3.54. The molecule has 24 heavy (non-hydrogen) atoms. The summed E-state index contributed by atoms with van der Waals surface area (Å²) in [5.41, 5.74) is 2.71. The molecule has 5 nitrogen and oxygen atoms in total. The van der Waals surface area contributed by atoms with Gasteiger partial charge in [0.1, 0.15) is 5.75 Å². The molecule has 0 spiro atoms. The van der Waals surface area contributed by atoms with Crippen LogP contribution >= 0.6 is 11.3 Å². The third-order valence-electron chi connectivity index (χ3n) is 3.83. The molecule has 0 amide bonds. The van der Waals surface area contributed by atoms with Crippen LogP contribution in [0.5, 0.6) is 5.75 Å². The number of hydrogen-bond donors (Lipinski definition) is 2. The normalized spacial score (nSPS) is 12.1. The van der Waals surface area contributed by atoms with Crippen molar-refractivity contribution in [3.8, 4) is 16.3 Å². The molecule has 0 saturated heterocycles. The first-order valence-corrected chi connectivity index (χ1v) is 8.75. The van der Waals surface area contributed by atoms with Gasteiger partial charge in [-0.2, -0.15) is 0 Å². The fraction of sp³-hybridized carbons (Fsp3) is 0.278. The summed E-state index contributed by atoms with van der Waals surface area (Å²) >= 11 is 1.66. The number of phenolic OH excluding ortho intramolecular Hbond substituents is 1. The summed E-state index contributed by atoms with van der Waals surface area (Å²) in [6.45, 7) is 6.37. The van der Waals surface area contributed by atoms with Gasteiger partial charge >= 0.3 is 0 Å². The van der Waals surface area contributed by atoms with Crippen LogP contribution in [-0.4, -0.2) is 20.1 Å². The molecule has 3 rings (SSSR count). The SMILES string of the molecule is CCC(C)c1nc(C)sc1-c1ccnc(Nc2cccc(O)c2)n1. The smallest absolute Gasteiger partial charge is 0.227 e. The van der Waals surface area contributed by atoms with E-state index in [0.29, 0.717) is 11.9 Å². The van der Waals surface area contributed by atoms with Gasteiger partial charge in [-0.05, 0) is 37.5 Å². The molecule has 1 atom stereocenters. The highest BCUT2D eigenvalue weighted by atomic mass is 32.1. The molecule has 6 heteroatoms. The Kier molecular flexibility index (Phi) is 4.76. The van der Waals surface area contributed by atoms with E-state index in [1.165, 1.54) is 0 Å². The molecule has 2 N–H and O–H groups in total. The summed E-state index contributed by atoms with van der Waals surface area (Å²) in [6.07, 6.45) is 2.78. The van der Waals surface area contributed by atoms with Crippen LogP contribution in [-0.2, 0) is 0 Å². The average molecular weight is 340 g/mol. The lowest BCUT2D eigenvalue weighted by molar-refractivity contribution is 0.475. The number of phenols is 1. The van der Waals surface area contributed by atoms with Crippen LogP contribution in [0.3, 0.4) is 0 Å². The number of nitrogens with zero attached hydrogens (tertiary/aromatic N) is 3. The van der Waals surface area contributed by atoms with Gasteiger partial charge in [0.25, 0.3) is 0 Å². The van der Waals surface area contributed by atoms with E-state index in [-0.39, 0.29) is 5.75 Å². The first-order chi connectivity index (χ1) is 11.6. The minimum Gasteiger partial charge on any atom is -0.508 e. The predicted octanol–water partition coefficient (Wildman–Crippen LogP) is 4.87. The van der Waals surface area contributed by atoms with E-state index < -0.39 is 0 Å². The van der Waals surface area contributed by atoms with Gasteiger partial charge in [-0.3, -0.25) is 0 Å². The molecule has 0 aliphatic rings. The summed E-state index contributed by atoms with van der Waals surface area (Å²) in [7, 11) is 0. The largest absolute Gasteiger partial charge is 0.508 e. The summed E-state index contributed by atoms with van der Waals surface area (Å²) in [5, 5.41) is 13.7. The zero-order valence-electron chi connectivity index (χ0n) is 13.9. The fourth-order valence-corrected chi connectivity index (χ4v) is 3.42. The molecule has 1 unspecified atom stereocenters. The lowest BCUT2D eigenvalue weighted by atomic mass is 10.0. The number of hydrogen-bond acceptors (Lipinski definition) is 6. The first kappa shape index (κ1) is 16.4. The second-order valence-corrected chi connectivity index (χ2v) is 6.90. The van der Waals surface area contributed by atoms with Gasteiger partial charge in [-0.1, -0.05) is 19.9 Å². The number of thiazole rings is 1. The predicted molar refractivity (Wildman–Crippen MR) is 98.0 cm³/mol. The van der Waals surface area contributed by atoms with Gasteiger partial charge in [0, 0.05) is 18.0 Å². The first-order valence-electron chi connectivity index (χ1n) is 7.93. The van der Waals surface area contributed by atoms with Crippen molar-refractivity contribution in [1.29, 1.82) is 0 Å². The standard InChI is InChI=1S/C18H20N4OS/c1-4-11(2)16-17(24-12(3)20-16)15-8-9-19-18(22-15)21-13-6-5-7-14(23)10-13/h5-11,23H,4H2,1-3H3,(H,19,21,22). The van der Waals surface area contributed by atoms with Gasteiger partial charge in [-0.25, -0.2) is 15.0 Å². The van der Waals surface area contributed by atoms with Crippen LogP contribution < -0.4 is 5.32 Å². The Morgan fingerprint density at radius 2 is 2.08 bits per heavy atom. The van der Waals surface area contributed by atoms with Crippen molar-refractivity contribution < 1.29 is 5.11 Å². The Bertz CT molecular complexity index is 847. The second-order valence-electron chi connectivity index (χ2n) is 5.70. The van der Waals surface area contributed by atoms with Crippen molar-refractivity contribution in [2.75, 3.05) is 5.32 Å². The van der Waals surface area contributed by atoms with Crippen molar-refractivity contribution in [3.63, 3.8) is 0 Å². The zero-order chi connectivity index (χ0) is 17.1. The van der Waals surface area contributed by atoms with E-state index in [1.807, 2.05) is 19.1 Å². The van der Waals surface area contributed by atoms with Crippen LogP contribution in [0.2, 0.25) is 0 Å². The van der Waals surface area contributed by atoms with E-state index in [9.17, 15) is 5.11 Å². The quantitative estimate of drug-likeness (QED) is 0.693. The Morgan fingerprint density at radius 1 is 1.25 bits per heavy atom. The topological polar surface area (TPSA) is 70.9 Å². The van der Waals surface area contributed by atoms with E-state index >= 15 is 0 Å². The van der Waals surface area contributed by atoms with E-state index in [0.717, 1.165) is 33.4 Å². The number of aromatic nitrogens is 3. The Labute approximate surface area is 145 Å². The van der Waals surface area contributed by atoms with Crippen LogP contribution in [0.15, 0.2) is 36.5 Å². The van der Waals surface area contributed by atoms with Crippen molar-refractivity contribution in [1.82, 2.24) is 15.0 Å². The van der Waals surface area contributed by atoms with E-state index in [1.54, 1.807) is 35.7 Å². The molecule has 0 bridgehead atoms. The van der Waals surface area contributed by atoms with E-state index in [2.05, 4.69) is 34.1 Å². The van der Waals surface area contributed by atoms with Crippen LogP contribution in [0.25, 0.3) is 10.6 Å².